The highest BCUT2D eigenvalue weighted by Crippen LogP contribution is 2.05. The Morgan fingerprint density at radius 3 is 2.87 bits per heavy atom. The Kier molecular flexibility index (Phi) is 4.57. The maximum atomic E-state index is 10.2. The fourth-order valence-corrected chi connectivity index (χ4v) is 1.26. The minimum absolute atomic E-state index is 0.570. The lowest BCUT2D eigenvalue weighted by Gasteiger charge is -2.05. The molecule has 0 aliphatic rings. The highest BCUT2D eigenvalue weighted by molar-refractivity contribution is 5.79. The van der Waals surface area contributed by atoms with Gasteiger partial charge in [0, 0.05) is 19.2 Å². The Balaban J connectivity index is 2.32. The number of carbonyl (C=O) groups is 1. The van der Waals surface area contributed by atoms with E-state index in [0.29, 0.717) is 6.54 Å². The van der Waals surface area contributed by atoms with E-state index in [1.807, 2.05) is 12.1 Å². The van der Waals surface area contributed by atoms with Crippen LogP contribution in [0.15, 0.2) is 36.4 Å². The lowest BCUT2D eigenvalue weighted by atomic mass is 10.1. The number of carboxylic acid groups (broad SMARTS) is 1. The summed E-state index contributed by atoms with van der Waals surface area (Å²) < 4.78 is 0. The van der Waals surface area contributed by atoms with Crippen LogP contribution >= 0.6 is 0 Å². The van der Waals surface area contributed by atoms with Crippen LogP contribution in [0.2, 0.25) is 0 Å². The summed E-state index contributed by atoms with van der Waals surface area (Å²) in [7, 11) is 0. The Labute approximate surface area is 89.4 Å². The molecule has 2 N–H and O–H groups in total. The zero-order valence-corrected chi connectivity index (χ0v) is 8.73. The third kappa shape index (κ3) is 4.42. The van der Waals surface area contributed by atoms with Crippen molar-refractivity contribution in [1.82, 2.24) is 5.32 Å². The summed E-state index contributed by atoms with van der Waals surface area (Å²) in [5.41, 5.74) is 2.48. The summed E-state index contributed by atoms with van der Waals surface area (Å²) in [6.07, 6.45) is 2.74. The third-order valence-corrected chi connectivity index (χ3v) is 2.10. The molecule has 0 unspecified atom stereocenters. The van der Waals surface area contributed by atoms with Crippen LogP contribution in [0.25, 0.3) is 0 Å². The fraction of sp³-hybridized carbons (Fsp3) is 0.250. The highest BCUT2D eigenvalue weighted by atomic mass is 16.4. The van der Waals surface area contributed by atoms with E-state index in [1.54, 1.807) is 6.08 Å². The molecule has 0 saturated heterocycles. The van der Waals surface area contributed by atoms with Crippen molar-refractivity contribution in [1.29, 1.82) is 0 Å². The quantitative estimate of drug-likeness (QED) is 0.568. The highest BCUT2D eigenvalue weighted by Gasteiger charge is 1.94. The van der Waals surface area contributed by atoms with E-state index in [9.17, 15) is 4.79 Å². The average molecular weight is 205 g/mol. The predicted molar refractivity (Wildman–Crippen MR) is 59.7 cm³/mol. The number of benzene rings is 1. The van der Waals surface area contributed by atoms with Crippen LogP contribution in [0.3, 0.4) is 0 Å². The Bertz CT molecular complexity index is 358. The van der Waals surface area contributed by atoms with E-state index in [2.05, 4.69) is 24.4 Å². The molecule has 0 aliphatic carbocycles. The number of nitrogens with one attached hydrogen (secondary N) is 1. The molecule has 1 aromatic rings. The van der Waals surface area contributed by atoms with Gasteiger partial charge in [-0.25, -0.2) is 4.79 Å². The van der Waals surface area contributed by atoms with Gasteiger partial charge in [-0.05, 0) is 18.1 Å². The van der Waals surface area contributed by atoms with Crippen molar-refractivity contribution < 1.29 is 9.90 Å². The SMILES string of the molecule is Cc1ccccc1CNC/C=C/C(=O)O. The van der Waals surface area contributed by atoms with Gasteiger partial charge in [0.25, 0.3) is 0 Å². The minimum atomic E-state index is -0.910. The summed E-state index contributed by atoms with van der Waals surface area (Å²) in [5.74, 6) is -0.910. The van der Waals surface area contributed by atoms with Crippen molar-refractivity contribution >= 4 is 5.97 Å². The summed E-state index contributed by atoms with van der Waals surface area (Å²) in [5, 5.41) is 11.5. The van der Waals surface area contributed by atoms with Crippen LogP contribution in [0.1, 0.15) is 11.1 Å². The number of hydrogen-bond acceptors (Lipinski definition) is 2. The lowest BCUT2D eigenvalue weighted by Crippen LogP contribution is -2.13. The van der Waals surface area contributed by atoms with Gasteiger partial charge in [-0.15, -0.1) is 0 Å². The number of hydrogen-bond donors (Lipinski definition) is 2. The Morgan fingerprint density at radius 2 is 2.20 bits per heavy atom. The molecule has 0 heterocycles. The summed E-state index contributed by atoms with van der Waals surface area (Å²) in [4.78, 5) is 10.2. The van der Waals surface area contributed by atoms with Gasteiger partial charge in [-0.3, -0.25) is 0 Å². The first-order valence-electron chi connectivity index (χ1n) is 4.85. The van der Waals surface area contributed by atoms with Gasteiger partial charge in [0.1, 0.15) is 0 Å². The molecule has 0 spiro atoms. The summed E-state index contributed by atoms with van der Waals surface area (Å²) >= 11 is 0. The molecule has 0 bridgehead atoms. The van der Waals surface area contributed by atoms with E-state index >= 15 is 0 Å². The number of aryl methyl sites for hydroxylation is 1. The molecule has 1 aromatic carbocycles. The van der Waals surface area contributed by atoms with Gasteiger partial charge in [0.05, 0.1) is 0 Å². The molecule has 0 saturated carbocycles. The summed E-state index contributed by atoms with van der Waals surface area (Å²) in [6.45, 7) is 3.39. The largest absolute Gasteiger partial charge is 0.478 e. The molecular formula is C12H15NO2. The van der Waals surface area contributed by atoms with Gasteiger partial charge in [-0.2, -0.15) is 0 Å². The molecule has 3 nitrogen and oxygen atoms in total. The second-order valence-electron chi connectivity index (χ2n) is 3.30. The monoisotopic (exact) mass is 205 g/mol. The molecule has 0 fully saturated rings. The molecule has 3 heteroatoms. The standard InChI is InChI=1S/C12H15NO2/c1-10-5-2-3-6-11(10)9-13-8-4-7-12(14)15/h2-7,13H,8-9H2,1H3,(H,14,15)/b7-4+. The molecule has 0 atom stereocenters. The van der Waals surface area contributed by atoms with Crippen LogP contribution in [0.4, 0.5) is 0 Å². The van der Waals surface area contributed by atoms with Crippen molar-refractivity contribution in [2.24, 2.45) is 0 Å². The van der Waals surface area contributed by atoms with Gasteiger partial charge in [0.2, 0.25) is 0 Å². The molecule has 15 heavy (non-hydrogen) atoms. The maximum absolute atomic E-state index is 10.2. The zero-order chi connectivity index (χ0) is 11.1. The van der Waals surface area contributed by atoms with Crippen LogP contribution < -0.4 is 5.32 Å². The average Bonchev–Trinajstić information content (AvgIpc) is 2.20. The van der Waals surface area contributed by atoms with Crippen LogP contribution in [-0.4, -0.2) is 17.6 Å². The molecule has 1 rings (SSSR count). The number of rotatable bonds is 5. The lowest BCUT2D eigenvalue weighted by molar-refractivity contribution is -0.131. The second kappa shape index (κ2) is 5.98. The molecule has 0 radical (unpaired) electrons. The normalized spacial score (nSPS) is 10.7. The number of aliphatic carboxylic acids is 1. The van der Waals surface area contributed by atoms with E-state index in [0.717, 1.165) is 12.6 Å². The third-order valence-electron chi connectivity index (χ3n) is 2.10. The van der Waals surface area contributed by atoms with Crippen molar-refractivity contribution in [3.05, 3.63) is 47.5 Å². The predicted octanol–water partition coefficient (Wildman–Crippen LogP) is 1.73. The van der Waals surface area contributed by atoms with E-state index in [1.165, 1.54) is 11.1 Å². The number of carboxylic acids is 1. The van der Waals surface area contributed by atoms with E-state index < -0.39 is 5.97 Å². The first kappa shape index (κ1) is 11.5. The first-order chi connectivity index (χ1) is 7.20. The maximum Gasteiger partial charge on any atom is 0.328 e. The van der Waals surface area contributed by atoms with Crippen molar-refractivity contribution in [3.8, 4) is 0 Å². The second-order valence-corrected chi connectivity index (χ2v) is 3.30. The Hall–Kier alpha value is -1.61. The van der Waals surface area contributed by atoms with E-state index in [-0.39, 0.29) is 0 Å². The van der Waals surface area contributed by atoms with Gasteiger partial charge >= 0.3 is 5.97 Å². The van der Waals surface area contributed by atoms with Gasteiger partial charge < -0.3 is 10.4 Å². The van der Waals surface area contributed by atoms with E-state index in [4.69, 9.17) is 5.11 Å². The minimum Gasteiger partial charge on any atom is -0.478 e. The molecule has 0 aromatic heterocycles. The van der Waals surface area contributed by atoms with Crippen LogP contribution in [0, 0.1) is 6.92 Å². The van der Waals surface area contributed by atoms with Crippen molar-refractivity contribution in [2.45, 2.75) is 13.5 Å². The molecule has 0 amide bonds. The van der Waals surface area contributed by atoms with Gasteiger partial charge in [0.15, 0.2) is 0 Å². The molecule has 80 valence electrons. The van der Waals surface area contributed by atoms with Crippen LogP contribution in [-0.2, 0) is 11.3 Å². The van der Waals surface area contributed by atoms with Crippen molar-refractivity contribution in [3.63, 3.8) is 0 Å². The van der Waals surface area contributed by atoms with Gasteiger partial charge in [-0.1, -0.05) is 30.3 Å². The topological polar surface area (TPSA) is 49.3 Å². The zero-order valence-electron chi connectivity index (χ0n) is 8.73. The molecular weight excluding hydrogens is 190 g/mol. The molecule has 0 aliphatic heterocycles. The smallest absolute Gasteiger partial charge is 0.328 e. The van der Waals surface area contributed by atoms with Crippen molar-refractivity contribution in [2.75, 3.05) is 6.54 Å². The summed E-state index contributed by atoms with van der Waals surface area (Å²) in [6, 6.07) is 8.12. The Morgan fingerprint density at radius 1 is 1.47 bits per heavy atom. The first-order valence-corrected chi connectivity index (χ1v) is 4.85. The van der Waals surface area contributed by atoms with Crippen LogP contribution in [0.5, 0.6) is 0 Å². The fourth-order valence-electron chi connectivity index (χ4n) is 1.26.